The Morgan fingerprint density at radius 2 is 1.89 bits per heavy atom. The fourth-order valence-electron chi connectivity index (χ4n) is 2.87. The molecule has 1 aromatic rings. The van der Waals surface area contributed by atoms with E-state index < -0.39 is 0 Å². The molecule has 0 amide bonds. The summed E-state index contributed by atoms with van der Waals surface area (Å²) >= 11 is 0. The maximum atomic E-state index is 5.67. The van der Waals surface area contributed by atoms with E-state index in [2.05, 4.69) is 39.8 Å². The van der Waals surface area contributed by atoms with Gasteiger partial charge in [-0.15, -0.1) is 0 Å². The highest BCUT2D eigenvalue weighted by molar-refractivity contribution is 5.43. The van der Waals surface area contributed by atoms with Gasteiger partial charge in [0.2, 0.25) is 0 Å². The molecule has 0 bridgehead atoms. The standard InChI is InChI=1S/C17H26O2/c1-6-15-17(19-15)10-12(4)14-8-13(5)16(18-7-2)9-11(14)3/h8-9,12,15,17H,6-7,10H2,1-5H3. The third-order valence-corrected chi connectivity index (χ3v) is 4.07. The van der Waals surface area contributed by atoms with E-state index in [0.29, 0.717) is 18.1 Å². The van der Waals surface area contributed by atoms with Crippen molar-refractivity contribution in [1.29, 1.82) is 0 Å². The first kappa shape index (κ1) is 14.4. The molecule has 106 valence electrons. The van der Waals surface area contributed by atoms with Crippen molar-refractivity contribution in [3.05, 3.63) is 28.8 Å². The highest BCUT2D eigenvalue weighted by Crippen LogP contribution is 2.36. The van der Waals surface area contributed by atoms with Crippen LogP contribution in [0.1, 0.15) is 56.2 Å². The molecule has 1 saturated heterocycles. The van der Waals surface area contributed by atoms with Crippen LogP contribution in [-0.4, -0.2) is 18.8 Å². The monoisotopic (exact) mass is 262 g/mol. The minimum atomic E-state index is 0.478. The molecule has 0 aromatic heterocycles. The Bertz CT molecular complexity index is 439. The molecule has 3 unspecified atom stereocenters. The highest BCUT2D eigenvalue weighted by Gasteiger charge is 2.38. The Morgan fingerprint density at radius 3 is 2.47 bits per heavy atom. The van der Waals surface area contributed by atoms with Crippen molar-refractivity contribution in [3.63, 3.8) is 0 Å². The number of benzene rings is 1. The molecule has 0 aliphatic carbocycles. The minimum Gasteiger partial charge on any atom is -0.494 e. The van der Waals surface area contributed by atoms with Crippen molar-refractivity contribution in [3.8, 4) is 5.75 Å². The summed E-state index contributed by atoms with van der Waals surface area (Å²) in [5, 5.41) is 0. The second kappa shape index (κ2) is 5.96. The fraction of sp³-hybridized carbons (Fsp3) is 0.647. The van der Waals surface area contributed by atoms with Crippen molar-refractivity contribution < 1.29 is 9.47 Å². The van der Waals surface area contributed by atoms with E-state index in [1.165, 1.54) is 16.7 Å². The van der Waals surface area contributed by atoms with Gasteiger partial charge in [0.1, 0.15) is 5.75 Å². The first-order chi connectivity index (χ1) is 9.06. The lowest BCUT2D eigenvalue weighted by molar-refractivity contribution is 0.337. The van der Waals surface area contributed by atoms with Crippen molar-refractivity contribution >= 4 is 0 Å². The molecule has 0 radical (unpaired) electrons. The van der Waals surface area contributed by atoms with Crippen LogP contribution in [0, 0.1) is 13.8 Å². The first-order valence-corrected chi connectivity index (χ1v) is 7.46. The van der Waals surface area contributed by atoms with E-state index in [0.717, 1.165) is 25.2 Å². The number of aryl methyl sites for hydroxylation is 2. The molecule has 2 heteroatoms. The van der Waals surface area contributed by atoms with E-state index in [4.69, 9.17) is 9.47 Å². The predicted octanol–water partition coefficient (Wildman–Crippen LogP) is 4.37. The summed E-state index contributed by atoms with van der Waals surface area (Å²) in [5.74, 6) is 1.57. The van der Waals surface area contributed by atoms with Crippen molar-refractivity contribution in [2.45, 2.75) is 65.6 Å². The Labute approximate surface area is 117 Å². The van der Waals surface area contributed by atoms with Crippen LogP contribution in [-0.2, 0) is 4.74 Å². The molecule has 1 aliphatic heterocycles. The van der Waals surface area contributed by atoms with Gasteiger partial charge in [-0.2, -0.15) is 0 Å². The van der Waals surface area contributed by atoms with Crippen LogP contribution in [0.2, 0.25) is 0 Å². The zero-order valence-corrected chi connectivity index (χ0v) is 12.8. The average molecular weight is 262 g/mol. The van der Waals surface area contributed by atoms with Gasteiger partial charge in [-0.05, 0) is 62.3 Å². The summed E-state index contributed by atoms with van der Waals surface area (Å²) in [6.07, 6.45) is 3.25. The quantitative estimate of drug-likeness (QED) is 0.710. The summed E-state index contributed by atoms with van der Waals surface area (Å²) in [7, 11) is 0. The van der Waals surface area contributed by atoms with Crippen LogP contribution < -0.4 is 4.74 Å². The number of hydrogen-bond acceptors (Lipinski definition) is 2. The lowest BCUT2D eigenvalue weighted by Crippen LogP contribution is -2.04. The molecular formula is C17H26O2. The van der Waals surface area contributed by atoms with Crippen molar-refractivity contribution in [2.24, 2.45) is 0 Å². The zero-order valence-electron chi connectivity index (χ0n) is 12.8. The molecule has 1 aliphatic rings. The maximum absolute atomic E-state index is 5.67. The van der Waals surface area contributed by atoms with E-state index in [9.17, 15) is 0 Å². The molecule has 2 rings (SSSR count). The summed E-state index contributed by atoms with van der Waals surface area (Å²) in [4.78, 5) is 0. The molecule has 2 nitrogen and oxygen atoms in total. The molecule has 0 spiro atoms. The Hall–Kier alpha value is -1.02. The van der Waals surface area contributed by atoms with Gasteiger partial charge in [-0.3, -0.25) is 0 Å². The molecule has 1 aromatic carbocycles. The third kappa shape index (κ3) is 3.30. The largest absolute Gasteiger partial charge is 0.494 e. The summed E-state index contributed by atoms with van der Waals surface area (Å²) in [6, 6.07) is 4.46. The molecule has 0 N–H and O–H groups in total. The number of hydrogen-bond donors (Lipinski definition) is 0. The normalized spacial score (nSPS) is 23.2. The highest BCUT2D eigenvalue weighted by atomic mass is 16.6. The molecule has 1 heterocycles. The fourth-order valence-corrected chi connectivity index (χ4v) is 2.87. The van der Waals surface area contributed by atoms with E-state index in [1.54, 1.807) is 0 Å². The van der Waals surface area contributed by atoms with Crippen LogP contribution in [0.25, 0.3) is 0 Å². The van der Waals surface area contributed by atoms with Crippen LogP contribution >= 0.6 is 0 Å². The smallest absolute Gasteiger partial charge is 0.122 e. The average Bonchev–Trinajstić information content (AvgIpc) is 3.12. The van der Waals surface area contributed by atoms with Gasteiger partial charge < -0.3 is 9.47 Å². The van der Waals surface area contributed by atoms with E-state index in [1.807, 2.05) is 6.92 Å². The van der Waals surface area contributed by atoms with Crippen molar-refractivity contribution in [1.82, 2.24) is 0 Å². The first-order valence-electron chi connectivity index (χ1n) is 7.46. The van der Waals surface area contributed by atoms with Crippen LogP contribution in [0.3, 0.4) is 0 Å². The number of ether oxygens (including phenoxy) is 2. The molecule has 3 atom stereocenters. The van der Waals surface area contributed by atoms with Gasteiger partial charge in [0, 0.05) is 0 Å². The van der Waals surface area contributed by atoms with Crippen molar-refractivity contribution in [2.75, 3.05) is 6.61 Å². The molecular weight excluding hydrogens is 236 g/mol. The topological polar surface area (TPSA) is 21.8 Å². The van der Waals surface area contributed by atoms with Gasteiger partial charge >= 0.3 is 0 Å². The second-order valence-electron chi connectivity index (χ2n) is 5.67. The van der Waals surface area contributed by atoms with E-state index in [-0.39, 0.29) is 0 Å². The van der Waals surface area contributed by atoms with Gasteiger partial charge in [-0.25, -0.2) is 0 Å². The molecule has 0 saturated carbocycles. The second-order valence-corrected chi connectivity index (χ2v) is 5.67. The zero-order chi connectivity index (χ0) is 14.0. The van der Waals surface area contributed by atoms with E-state index >= 15 is 0 Å². The molecule has 19 heavy (non-hydrogen) atoms. The Balaban J connectivity index is 2.09. The number of rotatable bonds is 6. The lowest BCUT2D eigenvalue weighted by atomic mass is 9.90. The van der Waals surface area contributed by atoms with Crippen LogP contribution in [0.5, 0.6) is 5.75 Å². The third-order valence-electron chi connectivity index (χ3n) is 4.07. The Kier molecular flexibility index (Phi) is 4.51. The van der Waals surface area contributed by atoms with Gasteiger partial charge in [0.15, 0.2) is 0 Å². The van der Waals surface area contributed by atoms with Gasteiger partial charge in [-0.1, -0.05) is 19.9 Å². The number of epoxide rings is 1. The summed E-state index contributed by atoms with van der Waals surface area (Å²) < 4.78 is 11.3. The Morgan fingerprint density at radius 1 is 1.16 bits per heavy atom. The maximum Gasteiger partial charge on any atom is 0.122 e. The van der Waals surface area contributed by atoms with Gasteiger partial charge in [0.25, 0.3) is 0 Å². The summed E-state index contributed by atoms with van der Waals surface area (Å²) in [6.45, 7) is 11.6. The molecule has 1 fully saturated rings. The lowest BCUT2D eigenvalue weighted by Gasteiger charge is -2.17. The van der Waals surface area contributed by atoms with Crippen LogP contribution in [0.15, 0.2) is 12.1 Å². The SMILES string of the molecule is CCOc1cc(C)c(C(C)CC2OC2CC)cc1C. The van der Waals surface area contributed by atoms with Gasteiger partial charge in [0.05, 0.1) is 18.8 Å². The van der Waals surface area contributed by atoms with Crippen LogP contribution in [0.4, 0.5) is 0 Å². The summed E-state index contributed by atoms with van der Waals surface area (Å²) in [5.41, 5.74) is 4.00. The predicted molar refractivity (Wildman–Crippen MR) is 79.1 cm³/mol. The minimum absolute atomic E-state index is 0.478.